The molecule has 2 nitrogen and oxygen atoms in total. The number of aliphatic imine (C=N–C) groups is 1. The fourth-order valence-electron chi connectivity index (χ4n) is 3.00. The van der Waals surface area contributed by atoms with Gasteiger partial charge in [0.15, 0.2) is 5.17 Å². The molecule has 0 radical (unpaired) electrons. The van der Waals surface area contributed by atoms with E-state index in [0.717, 1.165) is 23.9 Å². The van der Waals surface area contributed by atoms with Crippen molar-refractivity contribution in [1.29, 1.82) is 0 Å². The summed E-state index contributed by atoms with van der Waals surface area (Å²) < 4.78 is 0. The Morgan fingerprint density at radius 3 is 2.23 bits per heavy atom. The summed E-state index contributed by atoms with van der Waals surface area (Å²) in [5.74, 6) is 0. The molecule has 3 heteroatoms. The molecule has 0 spiro atoms. The van der Waals surface area contributed by atoms with Crippen molar-refractivity contribution in [3.63, 3.8) is 0 Å². The van der Waals surface area contributed by atoms with E-state index in [1.807, 2.05) is 11.8 Å². The summed E-state index contributed by atoms with van der Waals surface area (Å²) in [6.45, 7) is 6.68. The normalized spacial score (nSPS) is 14.8. The maximum atomic E-state index is 5.01. The highest BCUT2D eigenvalue weighted by Gasteiger charge is 2.21. The van der Waals surface area contributed by atoms with Gasteiger partial charge in [-0.3, -0.25) is 0 Å². The Bertz CT molecular complexity index is 757. The van der Waals surface area contributed by atoms with Gasteiger partial charge in [-0.1, -0.05) is 87.0 Å². The zero-order valence-corrected chi connectivity index (χ0v) is 16.6. The predicted molar refractivity (Wildman–Crippen MR) is 117 cm³/mol. The molecule has 0 aromatic heterocycles. The fourth-order valence-corrected chi connectivity index (χ4v) is 4.13. The van der Waals surface area contributed by atoms with Crippen LogP contribution in [0.5, 0.6) is 0 Å². The third-order valence-electron chi connectivity index (χ3n) is 4.52. The fraction of sp³-hybridized carbons (Fsp3) is 0.348. The van der Waals surface area contributed by atoms with Gasteiger partial charge in [0.05, 0.1) is 5.69 Å². The number of para-hydroxylation sites is 1. The van der Waals surface area contributed by atoms with E-state index in [9.17, 15) is 0 Å². The van der Waals surface area contributed by atoms with E-state index in [-0.39, 0.29) is 0 Å². The molecule has 0 bridgehead atoms. The molecule has 136 valence electrons. The van der Waals surface area contributed by atoms with Crippen molar-refractivity contribution >= 4 is 33.6 Å². The minimum Gasteiger partial charge on any atom is -0.351 e. The van der Waals surface area contributed by atoms with Gasteiger partial charge >= 0.3 is 0 Å². The predicted octanol–water partition coefficient (Wildman–Crippen LogP) is 6.82. The molecule has 1 heterocycles. The number of hydrogen-bond donors (Lipinski definition) is 0. The summed E-state index contributed by atoms with van der Waals surface area (Å²) in [6.07, 6.45) is 7.13. The lowest BCUT2D eigenvalue weighted by atomic mass is 10.1. The highest BCUT2D eigenvalue weighted by atomic mass is 32.2. The summed E-state index contributed by atoms with van der Waals surface area (Å²) >= 11 is 1.82. The molecule has 26 heavy (non-hydrogen) atoms. The van der Waals surface area contributed by atoms with Crippen LogP contribution in [0.15, 0.2) is 59.6 Å². The lowest BCUT2D eigenvalue weighted by Gasteiger charge is -2.29. The number of nitrogens with zero attached hydrogens (tertiary/aromatic N) is 2. The van der Waals surface area contributed by atoms with Crippen LogP contribution in [0.3, 0.4) is 0 Å². The summed E-state index contributed by atoms with van der Waals surface area (Å²) in [5.41, 5.74) is 3.55. The maximum absolute atomic E-state index is 5.01. The van der Waals surface area contributed by atoms with Crippen molar-refractivity contribution in [3.8, 4) is 0 Å². The van der Waals surface area contributed by atoms with Gasteiger partial charge in [0.2, 0.25) is 0 Å². The Hall–Kier alpha value is -2.00. The first kappa shape index (κ1) is 18.8. The molecular formula is C23H28N2S. The Morgan fingerprint density at radius 2 is 1.54 bits per heavy atom. The topological polar surface area (TPSA) is 15.6 Å². The van der Waals surface area contributed by atoms with Crippen LogP contribution in [0.1, 0.15) is 50.7 Å². The van der Waals surface area contributed by atoms with Crippen LogP contribution >= 0.6 is 11.8 Å². The van der Waals surface area contributed by atoms with Gasteiger partial charge in [0.25, 0.3) is 0 Å². The van der Waals surface area contributed by atoms with Crippen molar-refractivity contribution in [3.05, 3.63) is 65.7 Å². The van der Waals surface area contributed by atoms with Gasteiger partial charge in [-0.25, -0.2) is 4.99 Å². The monoisotopic (exact) mass is 364 g/mol. The molecule has 0 fully saturated rings. The molecule has 0 atom stereocenters. The third kappa shape index (κ3) is 4.79. The Kier molecular flexibility index (Phi) is 6.96. The number of unbranched alkanes of at least 4 members (excludes halogenated alkanes) is 2. The smallest absolute Gasteiger partial charge is 0.169 e. The summed E-state index contributed by atoms with van der Waals surface area (Å²) in [7, 11) is 0. The molecule has 0 saturated carbocycles. The van der Waals surface area contributed by atoms with E-state index in [4.69, 9.17) is 4.99 Å². The summed E-state index contributed by atoms with van der Waals surface area (Å²) in [4.78, 5) is 8.77. The molecule has 1 aliphatic heterocycles. The number of rotatable bonds is 7. The first-order chi connectivity index (χ1) is 12.8. The summed E-state index contributed by atoms with van der Waals surface area (Å²) in [5, 5.41) is 1.15. The molecule has 3 rings (SSSR count). The maximum Gasteiger partial charge on any atom is 0.169 e. The molecule has 0 unspecified atom stereocenters. The average molecular weight is 365 g/mol. The molecule has 0 amide bonds. The highest BCUT2D eigenvalue weighted by molar-refractivity contribution is 8.21. The van der Waals surface area contributed by atoms with Crippen LogP contribution in [0, 0.1) is 0 Å². The zero-order valence-electron chi connectivity index (χ0n) is 15.8. The van der Waals surface area contributed by atoms with E-state index in [2.05, 4.69) is 79.4 Å². The molecule has 0 saturated heterocycles. The van der Waals surface area contributed by atoms with Gasteiger partial charge in [-0.15, -0.1) is 0 Å². The van der Waals surface area contributed by atoms with Gasteiger partial charge in [-0.2, -0.15) is 0 Å². The average Bonchev–Trinajstić information content (AvgIpc) is 2.69. The largest absolute Gasteiger partial charge is 0.351 e. The van der Waals surface area contributed by atoms with Crippen molar-refractivity contribution in [2.24, 2.45) is 4.99 Å². The lowest BCUT2D eigenvalue weighted by Crippen LogP contribution is -2.31. The molecule has 1 aliphatic rings. The lowest BCUT2D eigenvalue weighted by molar-refractivity contribution is 0.405. The Balaban J connectivity index is 1.94. The van der Waals surface area contributed by atoms with Crippen LogP contribution in [0.25, 0.3) is 11.0 Å². The van der Waals surface area contributed by atoms with Crippen molar-refractivity contribution in [2.75, 3.05) is 13.1 Å². The number of hydrogen-bond acceptors (Lipinski definition) is 3. The second-order valence-corrected chi connectivity index (χ2v) is 7.64. The van der Waals surface area contributed by atoms with E-state index >= 15 is 0 Å². The van der Waals surface area contributed by atoms with E-state index in [0.29, 0.717) is 0 Å². The number of thioether (sulfide) groups is 1. The second kappa shape index (κ2) is 9.63. The van der Waals surface area contributed by atoms with Crippen LogP contribution in [-0.4, -0.2) is 23.2 Å². The van der Waals surface area contributed by atoms with E-state index in [1.165, 1.54) is 41.7 Å². The van der Waals surface area contributed by atoms with Crippen molar-refractivity contribution in [1.82, 2.24) is 4.90 Å². The van der Waals surface area contributed by atoms with Crippen LogP contribution in [0.2, 0.25) is 0 Å². The first-order valence-corrected chi connectivity index (χ1v) is 10.5. The molecule has 2 aromatic carbocycles. The molecule has 0 N–H and O–H groups in total. The highest BCUT2D eigenvalue weighted by Crippen LogP contribution is 2.42. The molecule has 0 aliphatic carbocycles. The van der Waals surface area contributed by atoms with Crippen LogP contribution in [-0.2, 0) is 0 Å². The van der Waals surface area contributed by atoms with Gasteiger partial charge in [0, 0.05) is 23.6 Å². The van der Waals surface area contributed by atoms with E-state index < -0.39 is 0 Å². The zero-order chi connectivity index (χ0) is 18.2. The van der Waals surface area contributed by atoms with Gasteiger partial charge in [0.1, 0.15) is 0 Å². The molecular weight excluding hydrogens is 336 g/mol. The number of fused-ring (bicyclic) bond motifs is 1. The standard InChI is InChI=1S/C23H28N2S/c1-3-5-16-25(17-6-4-2)23-24-21-15-11-10-14-20(21)22(26-23)18-19-12-8-7-9-13-19/h7-15,18H,3-6,16-17H2,1-2H3/b22-18-. The van der Waals surface area contributed by atoms with Crippen molar-refractivity contribution < 1.29 is 0 Å². The number of benzene rings is 2. The van der Waals surface area contributed by atoms with Gasteiger partial charge in [-0.05, 0) is 30.5 Å². The minimum absolute atomic E-state index is 1.08. The number of amidine groups is 1. The minimum atomic E-state index is 1.08. The SMILES string of the molecule is CCCCN(CCCC)C1=Nc2ccccc2/C(=C/c2ccccc2)S1. The van der Waals surface area contributed by atoms with Crippen LogP contribution in [0.4, 0.5) is 5.69 Å². The third-order valence-corrected chi connectivity index (χ3v) is 5.61. The van der Waals surface area contributed by atoms with E-state index in [1.54, 1.807) is 0 Å². The second-order valence-electron chi connectivity index (χ2n) is 6.63. The Morgan fingerprint density at radius 1 is 0.885 bits per heavy atom. The summed E-state index contributed by atoms with van der Waals surface area (Å²) in [6, 6.07) is 19.1. The van der Waals surface area contributed by atoms with Crippen LogP contribution < -0.4 is 0 Å². The van der Waals surface area contributed by atoms with Gasteiger partial charge < -0.3 is 4.90 Å². The van der Waals surface area contributed by atoms with Crippen molar-refractivity contribution in [2.45, 2.75) is 39.5 Å². The molecule has 2 aromatic rings. The first-order valence-electron chi connectivity index (χ1n) is 9.69. The Labute approximate surface area is 162 Å². The quantitative estimate of drug-likeness (QED) is 0.535.